The normalized spacial score (nSPS) is 21.8. The lowest BCUT2D eigenvalue weighted by atomic mass is 9.99. The molecular weight excluding hydrogens is 320 g/mol. The van der Waals surface area contributed by atoms with E-state index in [1.807, 2.05) is 42.2 Å². The van der Waals surface area contributed by atoms with Crippen LogP contribution in [0.25, 0.3) is 0 Å². The van der Waals surface area contributed by atoms with Crippen LogP contribution in [0.3, 0.4) is 0 Å². The topological polar surface area (TPSA) is 66.9 Å². The van der Waals surface area contributed by atoms with E-state index in [0.29, 0.717) is 26.2 Å². The third kappa shape index (κ3) is 4.18. The number of ether oxygens (including phenoxy) is 1. The number of hydrogen-bond donors (Lipinski definition) is 0. The second kappa shape index (κ2) is 7.68. The molecule has 2 amide bonds. The van der Waals surface area contributed by atoms with Crippen LogP contribution in [0.4, 0.5) is 0 Å². The van der Waals surface area contributed by atoms with Crippen LogP contribution in [0.15, 0.2) is 30.3 Å². The lowest BCUT2D eigenvalue weighted by Crippen LogP contribution is -2.53. The molecule has 6 heteroatoms. The van der Waals surface area contributed by atoms with Crippen LogP contribution in [0.2, 0.25) is 0 Å². The van der Waals surface area contributed by atoms with Gasteiger partial charge in [0.05, 0.1) is 12.3 Å². The van der Waals surface area contributed by atoms with E-state index in [0.717, 1.165) is 12.0 Å². The summed E-state index contributed by atoms with van der Waals surface area (Å²) in [4.78, 5) is 39.8. The summed E-state index contributed by atoms with van der Waals surface area (Å²) in [5, 5.41) is 0. The second-order valence-corrected chi connectivity index (χ2v) is 6.83. The fraction of sp³-hybridized carbons (Fsp3) is 0.526. The highest BCUT2D eigenvalue weighted by atomic mass is 16.5. The molecule has 2 fully saturated rings. The van der Waals surface area contributed by atoms with E-state index in [-0.39, 0.29) is 42.6 Å². The minimum Gasteiger partial charge on any atom is -0.465 e. The van der Waals surface area contributed by atoms with Crippen molar-refractivity contribution in [1.29, 1.82) is 0 Å². The summed E-state index contributed by atoms with van der Waals surface area (Å²) in [6, 6.07) is 9.99. The summed E-state index contributed by atoms with van der Waals surface area (Å²) in [5.41, 5.74) is 1.16. The minimum absolute atomic E-state index is 0.0321. The van der Waals surface area contributed by atoms with E-state index >= 15 is 0 Å². The molecule has 0 saturated carbocycles. The van der Waals surface area contributed by atoms with Gasteiger partial charge >= 0.3 is 5.97 Å². The minimum atomic E-state index is -0.355. The molecule has 2 unspecified atom stereocenters. The van der Waals surface area contributed by atoms with Crippen LogP contribution in [0.5, 0.6) is 0 Å². The molecule has 0 aromatic heterocycles. The molecule has 2 heterocycles. The Hall–Kier alpha value is -2.37. The van der Waals surface area contributed by atoms with Crippen LogP contribution in [-0.2, 0) is 25.5 Å². The zero-order chi connectivity index (χ0) is 17.8. The molecule has 2 aliphatic rings. The number of rotatable bonds is 4. The third-order valence-corrected chi connectivity index (χ3v) is 4.92. The van der Waals surface area contributed by atoms with E-state index in [2.05, 4.69) is 0 Å². The number of carbonyl (C=O) groups is 3. The number of piperazine rings is 1. The van der Waals surface area contributed by atoms with E-state index in [1.165, 1.54) is 0 Å². The molecule has 0 bridgehead atoms. The Morgan fingerprint density at radius 3 is 2.36 bits per heavy atom. The maximum atomic E-state index is 12.6. The van der Waals surface area contributed by atoms with E-state index < -0.39 is 0 Å². The predicted octanol–water partition coefficient (Wildman–Crippen LogP) is 1.10. The Labute approximate surface area is 147 Å². The molecule has 0 spiro atoms. The van der Waals surface area contributed by atoms with E-state index in [9.17, 15) is 14.4 Å². The van der Waals surface area contributed by atoms with E-state index in [1.54, 1.807) is 4.90 Å². The predicted molar refractivity (Wildman–Crippen MR) is 91.5 cm³/mol. The first-order valence-corrected chi connectivity index (χ1v) is 8.81. The average molecular weight is 344 g/mol. The lowest BCUT2D eigenvalue weighted by molar-refractivity contribution is -0.143. The van der Waals surface area contributed by atoms with Crippen LogP contribution in [-0.4, -0.2) is 60.4 Å². The SMILES string of the molecule is CC(Cc1ccccc1)C(=O)N1CCN(C(=O)C2COC(=O)C2)CC1. The molecule has 0 N–H and O–H groups in total. The summed E-state index contributed by atoms with van der Waals surface area (Å²) in [5.74, 6) is -0.634. The maximum absolute atomic E-state index is 12.6. The highest BCUT2D eigenvalue weighted by Gasteiger charge is 2.35. The molecule has 2 atom stereocenters. The van der Waals surface area contributed by atoms with Crippen molar-refractivity contribution >= 4 is 17.8 Å². The number of esters is 1. The molecule has 0 radical (unpaired) electrons. The fourth-order valence-electron chi connectivity index (χ4n) is 3.44. The highest BCUT2D eigenvalue weighted by molar-refractivity contribution is 5.86. The zero-order valence-corrected chi connectivity index (χ0v) is 14.5. The number of amides is 2. The largest absolute Gasteiger partial charge is 0.465 e. The van der Waals surface area contributed by atoms with Crippen LogP contribution in [0.1, 0.15) is 18.9 Å². The summed E-state index contributed by atoms with van der Waals surface area (Å²) in [7, 11) is 0. The van der Waals surface area contributed by atoms with Gasteiger partial charge in [0.25, 0.3) is 0 Å². The summed E-state index contributed by atoms with van der Waals surface area (Å²) in [6.07, 6.45) is 0.895. The van der Waals surface area contributed by atoms with E-state index in [4.69, 9.17) is 4.74 Å². The smallest absolute Gasteiger partial charge is 0.306 e. The highest BCUT2D eigenvalue weighted by Crippen LogP contribution is 2.19. The summed E-state index contributed by atoms with van der Waals surface area (Å²) >= 11 is 0. The van der Waals surface area contributed by atoms with Gasteiger partial charge in [0.2, 0.25) is 11.8 Å². The third-order valence-electron chi connectivity index (χ3n) is 4.92. The molecule has 1 aromatic rings. The average Bonchev–Trinajstić information content (AvgIpc) is 3.08. The van der Waals surface area contributed by atoms with Crippen molar-refractivity contribution in [3.63, 3.8) is 0 Å². The van der Waals surface area contributed by atoms with Gasteiger partial charge in [-0.25, -0.2) is 0 Å². The monoisotopic (exact) mass is 344 g/mol. The maximum Gasteiger partial charge on any atom is 0.306 e. The molecule has 2 aliphatic heterocycles. The van der Waals surface area contributed by atoms with Crippen LogP contribution in [0, 0.1) is 11.8 Å². The molecule has 25 heavy (non-hydrogen) atoms. The van der Waals surface area contributed by atoms with Crippen molar-refractivity contribution in [1.82, 2.24) is 9.80 Å². The fourth-order valence-corrected chi connectivity index (χ4v) is 3.44. The number of cyclic esters (lactones) is 1. The molecule has 0 aliphatic carbocycles. The molecule has 6 nitrogen and oxygen atoms in total. The van der Waals surface area contributed by atoms with Gasteiger partial charge in [-0.2, -0.15) is 0 Å². The van der Waals surface area contributed by atoms with Gasteiger partial charge in [-0.3, -0.25) is 14.4 Å². The van der Waals surface area contributed by atoms with Gasteiger partial charge in [-0.1, -0.05) is 37.3 Å². The zero-order valence-electron chi connectivity index (χ0n) is 14.5. The van der Waals surface area contributed by atoms with Crippen molar-refractivity contribution in [2.45, 2.75) is 19.8 Å². The van der Waals surface area contributed by atoms with Crippen molar-refractivity contribution in [3.05, 3.63) is 35.9 Å². The number of carbonyl (C=O) groups excluding carboxylic acids is 3. The number of nitrogens with zero attached hydrogens (tertiary/aromatic N) is 2. The number of hydrogen-bond acceptors (Lipinski definition) is 4. The summed E-state index contributed by atoms with van der Waals surface area (Å²) in [6.45, 7) is 4.27. The first kappa shape index (κ1) is 17.5. The lowest BCUT2D eigenvalue weighted by Gasteiger charge is -2.36. The summed E-state index contributed by atoms with van der Waals surface area (Å²) < 4.78 is 4.87. The Kier molecular flexibility index (Phi) is 5.36. The van der Waals surface area contributed by atoms with Gasteiger partial charge in [0.15, 0.2) is 0 Å². The standard InChI is InChI=1S/C19H24N2O4/c1-14(11-15-5-3-2-4-6-15)18(23)20-7-9-21(10-8-20)19(24)16-12-17(22)25-13-16/h2-6,14,16H,7-13H2,1H3. The van der Waals surface area contributed by atoms with Crippen LogP contribution >= 0.6 is 0 Å². The first-order valence-electron chi connectivity index (χ1n) is 8.81. The Morgan fingerprint density at radius 2 is 1.76 bits per heavy atom. The van der Waals surface area contributed by atoms with Gasteiger partial charge in [-0.15, -0.1) is 0 Å². The van der Waals surface area contributed by atoms with Crippen molar-refractivity contribution < 1.29 is 19.1 Å². The van der Waals surface area contributed by atoms with Gasteiger partial charge in [-0.05, 0) is 12.0 Å². The van der Waals surface area contributed by atoms with Crippen LogP contribution < -0.4 is 0 Å². The second-order valence-electron chi connectivity index (χ2n) is 6.83. The molecule has 3 rings (SSSR count). The van der Waals surface area contributed by atoms with Crippen molar-refractivity contribution in [2.75, 3.05) is 32.8 Å². The number of benzene rings is 1. The van der Waals surface area contributed by atoms with Crippen molar-refractivity contribution in [3.8, 4) is 0 Å². The Balaban J connectivity index is 1.49. The molecule has 1 aromatic carbocycles. The van der Waals surface area contributed by atoms with Gasteiger partial charge < -0.3 is 14.5 Å². The van der Waals surface area contributed by atoms with Gasteiger partial charge in [0, 0.05) is 32.1 Å². The first-order chi connectivity index (χ1) is 12.0. The van der Waals surface area contributed by atoms with Crippen molar-refractivity contribution in [2.24, 2.45) is 11.8 Å². The Morgan fingerprint density at radius 1 is 1.12 bits per heavy atom. The molecule has 134 valence electrons. The molecular formula is C19H24N2O4. The van der Waals surface area contributed by atoms with Gasteiger partial charge in [0.1, 0.15) is 6.61 Å². The quantitative estimate of drug-likeness (QED) is 0.767. The molecule has 2 saturated heterocycles. The Bertz CT molecular complexity index is 638.